The van der Waals surface area contributed by atoms with Crippen molar-refractivity contribution in [2.24, 2.45) is 0 Å². The third-order valence-corrected chi connectivity index (χ3v) is 4.55. The Labute approximate surface area is 130 Å². The predicted octanol–water partition coefficient (Wildman–Crippen LogP) is 2.23. The molecule has 1 aromatic heterocycles. The fraction of sp³-hybridized carbons (Fsp3) is 0.529. The van der Waals surface area contributed by atoms with E-state index in [0.717, 1.165) is 48.1 Å². The lowest BCUT2D eigenvalue weighted by Crippen LogP contribution is -2.52. The molecule has 0 spiro atoms. The summed E-state index contributed by atoms with van der Waals surface area (Å²) in [5.74, 6) is 0.851. The lowest BCUT2D eigenvalue weighted by atomic mass is 9.82. The molecule has 1 aliphatic rings. The first-order chi connectivity index (χ1) is 10.6. The Morgan fingerprint density at radius 3 is 2.86 bits per heavy atom. The fourth-order valence-corrected chi connectivity index (χ4v) is 3.37. The number of carbonyl (C=O) groups is 1. The first kappa shape index (κ1) is 15.0. The van der Waals surface area contributed by atoms with E-state index in [1.807, 2.05) is 25.1 Å². The van der Waals surface area contributed by atoms with Crippen LogP contribution < -0.4 is 5.32 Å². The van der Waals surface area contributed by atoms with Crippen LogP contribution in [0.2, 0.25) is 0 Å². The van der Waals surface area contributed by atoms with Gasteiger partial charge in [0.05, 0.1) is 29.6 Å². The summed E-state index contributed by atoms with van der Waals surface area (Å²) in [5, 5.41) is 12.7. The average Bonchev–Trinajstić information content (AvgIpc) is 2.87. The topological polar surface area (TPSA) is 78.0 Å². The van der Waals surface area contributed by atoms with Crippen LogP contribution in [0.5, 0.6) is 0 Å². The molecule has 1 aromatic carbocycles. The van der Waals surface area contributed by atoms with Crippen molar-refractivity contribution in [3.8, 4) is 0 Å². The quantitative estimate of drug-likeness (QED) is 0.810. The second kappa shape index (κ2) is 6.08. The van der Waals surface area contributed by atoms with E-state index >= 15 is 0 Å². The lowest BCUT2D eigenvalue weighted by molar-refractivity contribution is -0.123. The van der Waals surface area contributed by atoms with Crippen molar-refractivity contribution in [2.45, 2.75) is 51.0 Å². The molecule has 2 aromatic rings. The minimum absolute atomic E-state index is 0.0217. The van der Waals surface area contributed by atoms with Crippen molar-refractivity contribution in [1.29, 1.82) is 0 Å². The van der Waals surface area contributed by atoms with E-state index in [4.69, 9.17) is 0 Å². The van der Waals surface area contributed by atoms with Gasteiger partial charge in [-0.05, 0) is 37.5 Å². The molecule has 1 saturated carbocycles. The predicted molar refractivity (Wildman–Crippen MR) is 85.6 cm³/mol. The van der Waals surface area contributed by atoms with Gasteiger partial charge in [0, 0.05) is 0 Å². The highest BCUT2D eigenvalue weighted by Crippen LogP contribution is 2.27. The molecule has 0 bridgehead atoms. The molecule has 0 unspecified atom stereocenters. The van der Waals surface area contributed by atoms with Crippen LogP contribution in [0.4, 0.5) is 0 Å². The standard InChI is InChI=1S/C17H23N3O2/c1-12-18-14-6-5-13(9-15(14)19-12)10-16(22)20-17(11-21)7-3-2-4-8-17/h5-6,9,21H,2-4,7-8,10-11H2,1H3,(H,18,19)(H,20,22). The van der Waals surface area contributed by atoms with Crippen LogP contribution >= 0.6 is 0 Å². The van der Waals surface area contributed by atoms with Gasteiger partial charge in [-0.3, -0.25) is 4.79 Å². The second-order valence-corrected chi connectivity index (χ2v) is 6.40. The number of imidazole rings is 1. The number of rotatable bonds is 4. The molecule has 0 atom stereocenters. The smallest absolute Gasteiger partial charge is 0.224 e. The summed E-state index contributed by atoms with van der Waals surface area (Å²) in [6, 6.07) is 5.85. The molecule has 1 heterocycles. The van der Waals surface area contributed by atoms with E-state index in [9.17, 15) is 9.90 Å². The number of hydrogen-bond acceptors (Lipinski definition) is 3. The maximum Gasteiger partial charge on any atom is 0.224 e. The molecule has 1 fully saturated rings. The Hall–Kier alpha value is -1.88. The van der Waals surface area contributed by atoms with E-state index in [0.29, 0.717) is 6.42 Å². The van der Waals surface area contributed by atoms with Crippen LogP contribution in [0.3, 0.4) is 0 Å². The van der Waals surface area contributed by atoms with E-state index in [1.165, 1.54) is 6.42 Å². The highest BCUT2D eigenvalue weighted by atomic mass is 16.3. The third kappa shape index (κ3) is 3.14. The van der Waals surface area contributed by atoms with Gasteiger partial charge in [0.15, 0.2) is 0 Å². The fourth-order valence-electron chi connectivity index (χ4n) is 3.37. The number of aliphatic hydroxyl groups is 1. The molecule has 3 N–H and O–H groups in total. The minimum Gasteiger partial charge on any atom is -0.394 e. The van der Waals surface area contributed by atoms with Crippen LogP contribution in [-0.2, 0) is 11.2 Å². The Balaban J connectivity index is 1.69. The number of H-pyrrole nitrogens is 1. The maximum atomic E-state index is 12.3. The number of carbonyl (C=O) groups excluding carboxylic acids is 1. The molecular weight excluding hydrogens is 278 g/mol. The minimum atomic E-state index is -0.413. The summed E-state index contributed by atoms with van der Waals surface area (Å²) in [6.45, 7) is 1.94. The average molecular weight is 301 g/mol. The van der Waals surface area contributed by atoms with Crippen molar-refractivity contribution < 1.29 is 9.90 Å². The summed E-state index contributed by atoms with van der Waals surface area (Å²) in [7, 11) is 0. The monoisotopic (exact) mass is 301 g/mol. The van der Waals surface area contributed by atoms with Crippen LogP contribution in [0.15, 0.2) is 18.2 Å². The van der Waals surface area contributed by atoms with E-state index in [-0.39, 0.29) is 12.5 Å². The van der Waals surface area contributed by atoms with Gasteiger partial charge in [0.25, 0.3) is 0 Å². The van der Waals surface area contributed by atoms with Gasteiger partial charge in [0.1, 0.15) is 5.82 Å². The summed E-state index contributed by atoms with van der Waals surface area (Å²) in [6.07, 6.45) is 5.39. The number of aryl methyl sites for hydroxylation is 1. The van der Waals surface area contributed by atoms with Crippen molar-refractivity contribution in [3.05, 3.63) is 29.6 Å². The molecule has 1 aliphatic carbocycles. The molecule has 118 valence electrons. The molecule has 0 saturated heterocycles. The first-order valence-electron chi connectivity index (χ1n) is 7.97. The van der Waals surface area contributed by atoms with Crippen molar-refractivity contribution in [2.75, 3.05) is 6.61 Å². The van der Waals surface area contributed by atoms with Gasteiger partial charge in [-0.1, -0.05) is 25.3 Å². The van der Waals surface area contributed by atoms with Crippen molar-refractivity contribution in [1.82, 2.24) is 15.3 Å². The van der Waals surface area contributed by atoms with E-state index in [2.05, 4.69) is 15.3 Å². The number of benzene rings is 1. The van der Waals surface area contributed by atoms with E-state index in [1.54, 1.807) is 0 Å². The largest absolute Gasteiger partial charge is 0.394 e. The van der Waals surface area contributed by atoms with Crippen molar-refractivity contribution in [3.63, 3.8) is 0 Å². The van der Waals surface area contributed by atoms with Crippen LogP contribution in [0.25, 0.3) is 11.0 Å². The molecular formula is C17H23N3O2. The van der Waals surface area contributed by atoms with Gasteiger partial charge in [-0.15, -0.1) is 0 Å². The first-order valence-corrected chi connectivity index (χ1v) is 7.97. The summed E-state index contributed by atoms with van der Waals surface area (Å²) in [4.78, 5) is 19.9. The number of aromatic nitrogens is 2. The number of nitrogens with zero attached hydrogens (tertiary/aromatic N) is 1. The second-order valence-electron chi connectivity index (χ2n) is 6.40. The molecule has 5 nitrogen and oxygen atoms in total. The van der Waals surface area contributed by atoms with Gasteiger partial charge >= 0.3 is 0 Å². The van der Waals surface area contributed by atoms with Gasteiger partial charge < -0.3 is 15.4 Å². The Kier molecular flexibility index (Phi) is 4.16. The van der Waals surface area contributed by atoms with Gasteiger partial charge in [0.2, 0.25) is 5.91 Å². The maximum absolute atomic E-state index is 12.3. The number of amides is 1. The van der Waals surface area contributed by atoms with E-state index < -0.39 is 5.54 Å². The summed E-state index contributed by atoms with van der Waals surface area (Å²) >= 11 is 0. The number of fused-ring (bicyclic) bond motifs is 1. The summed E-state index contributed by atoms with van der Waals surface area (Å²) < 4.78 is 0. The SMILES string of the molecule is Cc1nc2ccc(CC(=O)NC3(CO)CCCCC3)cc2[nH]1. The number of aromatic amines is 1. The molecule has 22 heavy (non-hydrogen) atoms. The zero-order chi connectivity index (χ0) is 15.6. The Morgan fingerprint density at radius 2 is 2.14 bits per heavy atom. The normalized spacial score (nSPS) is 17.5. The third-order valence-electron chi connectivity index (χ3n) is 4.55. The number of nitrogens with one attached hydrogen (secondary N) is 2. The molecule has 1 amide bonds. The zero-order valence-corrected chi connectivity index (χ0v) is 13.0. The lowest BCUT2D eigenvalue weighted by Gasteiger charge is -2.36. The highest BCUT2D eigenvalue weighted by Gasteiger charge is 2.32. The van der Waals surface area contributed by atoms with Crippen LogP contribution in [0.1, 0.15) is 43.5 Å². The van der Waals surface area contributed by atoms with Gasteiger partial charge in [-0.2, -0.15) is 0 Å². The molecule has 0 radical (unpaired) electrons. The van der Waals surface area contributed by atoms with Gasteiger partial charge in [-0.25, -0.2) is 4.98 Å². The zero-order valence-electron chi connectivity index (χ0n) is 13.0. The Morgan fingerprint density at radius 1 is 1.36 bits per heavy atom. The van der Waals surface area contributed by atoms with Crippen LogP contribution in [-0.4, -0.2) is 33.1 Å². The van der Waals surface area contributed by atoms with Crippen molar-refractivity contribution >= 4 is 16.9 Å². The number of hydrogen-bond donors (Lipinski definition) is 3. The summed E-state index contributed by atoms with van der Waals surface area (Å²) in [5.41, 5.74) is 2.42. The molecule has 3 rings (SSSR count). The molecule has 5 heteroatoms. The highest BCUT2D eigenvalue weighted by molar-refractivity contribution is 5.82. The number of aliphatic hydroxyl groups excluding tert-OH is 1. The Bertz CT molecular complexity index is 672. The van der Waals surface area contributed by atoms with Crippen LogP contribution in [0, 0.1) is 6.92 Å². The molecule has 0 aliphatic heterocycles.